The molecule has 1 aromatic rings. The van der Waals surface area contributed by atoms with Crippen molar-refractivity contribution in [3.63, 3.8) is 0 Å². The van der Waals surface area contributed by atoms with Gasteiger partial charge in [-0.25, -0.2) is 0 Å². The molecule has 0 spiro atoms. The second kappa shape index (κ2) is 7.22. The van der Waals surface area contributed by atoms with Crippen LogP contribution >= 0.6 is 0 Å². The van der Waals surface area contributed by atoms with Crippen molar-refractivity contribution in [1.29, 1.82) is 0 Å². The molecule has 0 atom stereocenters. The predicted molar refractivity (Wildman–Crippen MR) is 83.8 cm³/mol. The number of benzene rings is 1. The van der Waals surface area contributed by atoms with Crippen LogP contribution in [0.1, 0.15) is 31.1 Å². The second-order valence-corrected chi connectivity index (χ2v) is 6.06. The van der Waals surface area contributed by atoms with Crippen molar-refractivity contribution in [1.82, 2.24) is 5.32 Å². The molecule has 21 heavy (non-hydrogen) atoms. The van der Waals surface area contributed by atoms with E-state index in [9.17, 15) is 9.59 Å². The number of ether oxygens (including phenoxy) is 1. The normalized spacial score (nSPS) is 11.1. The first kappa shape index (κ1) is 17.2. The summed E-state index contributed by atoms with van der Waals surface area (Å²) in [5.74, 6) is -0.410. The molecule has 0 aliphatic rings. The molecule has 0 heterocycles. The van der Waals surface area contributed by atoms with E-state index < -0.39 is 0 Å². The molecule has 0 fully saturated rings. The topological polar surface area (TPSA) is 58.6 Å². The summed E-state index contributed by atoms with van der Waals surface area (Å²) in [6, 6.07) is 7.19. The Morgan fingerprint density at radius 1 is 1.14 bits per heavy atom. The molecule has 0 aromatic heterocycles. The summed E-state index contributed by atoms with van der Waals surface area (Å²) in [6.45, 7) is 5.62. The molecule has 0 saturated heterocycles. The number of Topliss-reactive ketones (excluding diaryl/α,β-unsaturated/α-hetero) is 1. The van der Waals surface area contributed by atoms with Crippen LogP contribution < -0.4 is 10.2 Å². The van der Waals surface area contributed by atoms with Crippen molar-refractivity contribution >= 4 is 17.4 Å². The van der Waals surface area contributed by atoms with Crippen LogP contribution in [-0.4, -0.2) is 44.5 Å². The highest BCUT2D eigenvalue weighted by Gasteiger charge is 2.14. The lowest BCUT2D eigenvalue weighted by Crippen LogP contribution is -2.33. The smallest absolute Gasteiger partial charge is 0.251 e. The van der Waals surface area contributed by atoms with Crippen LogP contribution in [0.2, 0.25) is 0 Å². The molecule has 1 amide bonds. The Kier molecular flexibility index (Phi) is 5.90. The number of carbonyl (C=O) groups is 2. The monoisotopic (exact) mass is 292 g/mol. The largest absolute Gasteiger partial charge is 0.378 e. The minimum Gasteiger partial charge on any atom is -0.378 e. The molecule has 1 aromatic carbocycles. The Hall–Kier alpha value is -1.88. The number of rotatable bonds is 6. The number of hydrogen-bond acceptors (Lipinski definition) is 4. The molecule has 0 saturated carbocycles. The minimum absolute atomic E-state index is 0.00332. The fourth-order valence-corrected chi connectivity index (χ4v) is 1.54. The fraction of sp³-hybridized carbons (Fsp3) is 0.500. The molecule has 0 radical (unpaired) electrons. The zero-order valence-electron chi connectivity index (χ0n) is 13.4. The van der Waals surface area contributed by atoms with Crippen LogP contribution in [0, 0.1) is 0 Å². The average Bonchev–Trinajstić information content (AvgIpc) is 2.41. The van der Waals surface area contributed by atoms with Gasteiger partial charge in [0.15, 0.2) is 5.78 Å². The van der Waals surface area contributed by atoms with Gasteiger partial charge in [-0.15, -0.1) is 0 Å². The van der Waals surface area contributed by atoms with Gasteiger partial charge in [-0.05, 0) is 45.0 Å². The summed E-state index contributed by atoms with van der Waals surface area (Å²) in [5, 5.41) is 2.60. The first-order valence-corrected chi connectivity index (χ1v) is 6.90. The lowest BCUT2D eigenvalue weighted by Gasteiger charge is -2.18. The lowest BCUT2D eigenvalue weighted by atomic mass is 10.2. The summed E-state index contributed by atoms with van der Waals surface area (Å²) in [4.78, 5) is 25.5. The zero-order chi connectivity index (χ0) is 16.0. The standard InChI is InChI=1S/C16H24N2O3/c1-16(2,3)21-11-14(19)10-17-15(20)12-6-8-13(9-7-12)18(4)5/h6-9H,10-11H2,1-5H3,(H,17,20). The Morgan fingerprint density at radius 2 is 1.71 bits per heavy atom. The summed E-state index contributed by atoms with van der Waals surface area (Å²) < 4.78 is 5.36. The van der Waals surface area contributed by atoms with Crippen LogP contribution in [0.5, 0.6) is 0 Å². The number of amides is 1. The second-order valence-electron chi connectivity index (χ2n) is 6.06. The maximum Gasteiger partial charge on any atom is 0.251 e. The molecule has 0 aliphatic heterocycles. The van der Waals surface area contributed by atoms with Gasteiger partial charge in [0.2, 0.25) is 0 Å². The number of carbonyl (C=O) groups excluding carboxylic acids is 2. The predicted octanol–water partition coefficient (Wildman–Crippen LogP) is 1.87. The van der Waals surface area contributed by atoms with Gasteiger partial charge in [-0.1, -0.05) is 0 Å². The summed E-state index contributed by atoms with van der Waals surface area (Å²) in [6.07, 6.45) is 0. The Balaban J connectivity index is 2.45. The van der Waals surface area contributed by atoms with E-state index in [0.717, 1.165) is 5.69 Å². The number of nitrogens with zero attached hydrogens (tertiary/aromatic N) is 1. The third-order valence-corrected chi connectivity index (χ3v) is 2.76. The van der Waals surface area contributed by atoms with Crippen molar-refractivity contribution in [2.24, 2.45) is 0 Å². The molecule has 0 aliphatic carbocycles. The third-order valence-electron chi connectivity index (χ3n) is 2.76. The molecule has 1 rings (SSSR count). The van der Waals surface area contributed by atoms with E-state index in [0.29, 0.717) is 5.56 Å². The van der Waals surface area contributed by atoms with Crippen molar-refractivity contribution in [3.8, 4) is 0 Å². The lowest BCUT2D eigenvalue weighted by molar-refractivity contribution is -0.127. The summed E-state index contributed by atoms with van der Waals surface area (Å²) in [5.41, 5.74) is 1.19. The van der Waals surface area contributed by atoms with Gasteiger partial charge in [-0.2, -0.15) is 0 Å². The highest BCUT2D eigenvalue weighted by atomic mass is 16.5. The van der Waals surface area contributed by atoms with Crippen molar-refractivity contribution in [2.45, 2.75) is 26.4 Å². The molecule has 1 N–H and O–H groups in total. The summed E-state index contributed by atoms with van der Waals surface area (Å²) in [7, 11) is 3.87. The van der Waals surface area contributed by atoms with Crippen molar-refractivity contribution in [3.05, 3.63) is 29.8 Å². The van der Waals surface area contributed by atoms with E-state index >= 15 is 0 Å². The molecule has 5 heteroatoms. The van der Waals surface area contributed by atoms with E-state index in [1.54, 1.807) is 12.1 Å². The van der Waals surface area contributed by atoms with Crippen molar-refractivity contribution in [2.75, 3.05) is 32.1 Å². The average molecular weight is 292 g/mol. The van der Waals surface area contributed by atoms with Gasteiger partial charge < -0.3 is 15.0 Å². The first-order chi connectivity index (χ1) is 9.69. The highest BCUT2D eigenvalue weighted by molar-refractivity contribution is 5.97. The quantitative estimate of drug-likeness (QED) is 0.869. The molecule has 0 unspecified atom stereocenters. The number of ketones is 1. The van der Waals surface area contributed by atoms with Crippen LogP contribution in [0.4, 0.5) is 5.69 Å². The van der Waals surface area contributed by atoms with E-state index in [4.69, 9.17) is 4.74 Å². The summed E-state index contributed by atoms with van der Waals surface area (Å²) >= 11 is 0. The Morgan fingerprint density at radius 3 is 2.19 bits per heavy atom. The van der Waals surface area contributed by atoms with Gasteiger partial charge in [0.25, 0.3) is 5.91 Å². The van der Waals surface area contributed by atoms with E-state index in [1.807, 2.05) is 51.9 Å². The van der Waals surface area contributed by atoms with E-state index in [2.05, 4.69) is 5.32 Å². The maximum absolute atomic E-state index is 11.9. The van der Waals surface area contributed by atoms with Gasteiger partial charge in [0, 0.05) is 25.3 Å². The highest BCUT2D eigenvalue weighted by Crippen LogP contribution is 2.12. The molecule has 0 bridgehead atoms. The SMILES string of the molecule is CN(C)c1ccc(C(=O)NCC(=O)COC(C)(C)C)cc1. The third kappa shape index (κ3) is 6.40. The van der Waals surface area contributed by atoms with Gasteiger partial charge in [0.1, 0.15) is 6.61 Å². The molecule has 116 valence electrons. The van der Waals surface area contributed by atoms with Gasteiger partial charge in [-0.3, -0.25) is 9.59 Å². The van der Waals surface area contributed by atoms with Crippen molar-refractivity contribution < 1.29 is 14.3 Å². The molecular formula is C16H24N2O3. The van der Waals surface area contributed by atoms with Gasteiger partial charge >= 0.3 is 0 Å². The van der Waals surface area contributed by atoms with E-state index in [1.165, 1.54) is 0 Å². The maximum atomic E-state index is 11.9. The number of nitrogens with one attached hydrogen (secondary N) is 1. The fourth-order valence-electron chi connectivity index (χ4n) is 1.54. The van der Waals surface area contributed by atoms with E-state index in [-0.39, 0.29) is 30.4 Å². The van der Waals surface area contributed by atoms with Crippen LogP contribution in [0.3, 0.4) is 0 Å². The first-order valence-electron chi connectivity index (χ1n) is 6.90. The molecule has 5 nitrogen and oxygen atoms in total. The van der Waals surface area contributed by atoms with Gasteiger partial charge in [0.05, 0.1) is 12.1 Å². The van der Waals surface area contributed by atoms with Crippen LogP contribution in [0.15, 0.2) is 24.3 Å². The Bertz CT molecular complexity index is 487. The van der Waals surface area contributed by atoms with Crippen LogP contribution in [-0.2, 0) is 9.53 Å². The number of hydrogen-bond donors (Lipinski definition) is 1. The zero-order valence-corrected chi connectivity index (χ0v) is 13.4. The number of anilines is 1. The minimum atomic E-state index is -0.359. The molecular weight excluding hydrogens is 268 g/mol. The Labute approximate surface area is 126 Å². The van der Waals surface area contributed by atoms with Crippen LogP contribution in [0.25, 0.3) is 0 Å².